The molecule has 0 radical (unpaired) electrons. The minimum Gasteiger partial charge on any atom is -0.367 e. The van der Waals surface area contributed by atoms with E-state index >= 15 is 0 Å². The first-order valence-corrected chi connectivity index (χ1v) is 8.86. The number of rotatable bonds is 6. The van der Waals surface area contributed by atoms with Crippen LogP contribution in [0.4, 0.5) is 0 Å². The molecular weight excluding hydrogens is 404 g/mol. The van der Waals surface area contributed by atoms with Crippen LogP contribution < -0.4 is 0 Å². The summed E-state index contributed by atoms with van der Waals surface area (Å²) in [7, 11) is 0. The van der Waals surface area contributed by atoms with E-state index in [1.807, 2.05) is 16.8 Å². The molecule has 0 N–H and O–H groups in total. The predicted molar refractivity (Wildman–Crippen MR) is 100 cm³/mol. The standard InChI is InChI=1S/C17H13Cl4N3O/c18-12-1-2-13(15(20)5-12)16(8-24-4-3-22-10-24)25-9-11-7-23-17(21)6-14(11)19/h1-7,10,16H,8-9H2. The van der Waals surface area contributed by atoms with E-state index in [2.05, 4.69) is 9.97 Å². The van der Waals surface area contributed by atoms with Gasteiger partial charge in [0.05, 0.1) is 24.5 Å². The Bertz CT molecular complexity index is 855. The maximum absolute atomic E-state index is 6.35. The summed E-state index contributed by atoms with van der Waals surface area (Å²) >= 11 is 24.4. The third-order valence-corrected chi connectivity index (χ3v) is 4.70. The van der Waals surface area contributed by atoms with Gasteiger partial charge in [-0.2, -0.15) is 0 Å². The summed E-state index contributed by atoms with van der Waals surface area (Å²) in [4.78, 5) is 8.09. The first kappa shape index (κ1) is 18.5. The normalized spacial score (nSPS) is 12.3. The number of benzene rings is 1. The first-order valence-electron chi connectivity index (χ1n) is 7.35. The Balaban J connectivity index is 1.83. The molecule has 0 amide bonds. The largest absolute Gasteiger partial charge is 0.367 e. The molecule has 2 aromatic heterocycles. The van der Waals surface area contributed by atoms with E-state index in [1.165, 1.54) is 0 Å². The molecule has 0 aliphatic carbocycles. The SMILES string of the molecule is Clc1ccc(C(Cn2ccnc2)OCc2cnc(Cl)cc2Cl)c(Cl)c1. The van der Waals surface area contributed by atoms with Crippen LogP contribution in [0.5, 0.6) is 0 Å². The number of hydrogen-bond donors (Lipinski definition) is 0. The van der Waals surface area contributed by atoms with Gasteiger partial charge in [-0.05, 0) is 18.2 Å². The molecule has 0 aliphatic rings. The van der Waals surface area contributed by atoms with Crippen molar-refractivity contribution in [3.8, 4) is 0 Å². The topological polar surface area (TPSA) is 39.9 Å². The van der Waals surface area contributed by atoms with Gasteiger partial charge >= 0.3 is 0 Å². The van der Waals surface area contributed by atoms with Gasteiger partial charge in [-0.3, -0.25) is 0 Å². The fourth-order valence-corrected chi connectivity index (χ4v) is 3.27. The zero-order valence-electron chi connectivity index (χ0n) is 12.9. The fourth-order valence-electron chi connectivity index (χ4n) is 2.32. The molecule has 130 valence electrons. The zero-order chi connectivity index (χ0) is 17.8. The smallest absolute Gasteiger partial charge is 0.130 e. The van der Waals surface area contributed by atoms with Crippen LogP contribution in [0.1, 0.15) is 17.2 Å². The van der Waals surface area contributed by atoms with Crippen LogP contribution in [0.25, 0.3) is 0 Å². The van der Waals surface area contributed by atoms with Crippen molar-refractivity contribution < 1.29 is 4.74 Å². The van der Waals surface area contributed by atoms with Crippen LogP contribution >= 0.6 is 46.4 Å². The minimum atomic E-state index is -0.314. The van der Waals surface area contributed by atoms with Gasteiger partial charge < -0.3 is 9.30 Å². The van der Waals surface area contributed by atoms with E-state index in [-0.39, 0.29) is 12.7 Å². The Labute approximate surface area is 165 Å². The maximum atomic E-state index is 6.35. The van der Waals surface area contributed by atoms with Gasteiger partial charge in [0, 0.05) is 39.8 Å². The number of imidazole rings is 1. The van der Waals surface area contributed by atoms with E-state index in [0.29, 0.717) is 26.8 Å². The molecule has 0 spiro atoms. The van der Waals surface area contributed by atoms with Gasteiger partial charge in [0.25, 0.3) is 0 Å². The summed E-state index contributed by atoms with van der Waals surface area (Å²) < 4.78 is 8.00. The number of halogens is 4. The molecule has 0 fully saturated rings. The number of ether oxygens (including phenoxy) is 1. The Morgan fingerprint density at radius 2 is 1.92 bits per heavy atom. The van der Waals surface area contributed by atoms with Gasteiger partial charge in [0.15, 0.2) is 0 Å². The average Bonchev–Trinajstić information content (AvgIpc) is 3.06. The maximum Gasteiger partial charge on any atom is 0.130 e. The lowest BCUT2D eigenvalue weighted by atomic mass is 10.1. The summed E-state index contributed by atoms with van der Waals surface area (Å²) in [6.07, 6.45) is 6.57. The van der Waals surface area contributed by atoms with Crippen LogP contribution in [0.15, 0.2) is 49.2 Å². The van der Waals surface area contributed by atoms with Gasteiger partial charge in [-0.25, -0.2) is 9.97 Å². The first-order chi connectivity index (χ1) is 12.0. The molecule has 3 aromatic rings. The Morgan fingerprint density at radius 1 is 1.08 bits per heavy atom. The molecular formula is C17H13Cl4N3O. The van der Waals surface area contributed by atoms with Crippen molar-refractivity contribution in [1.29, 1.82) is 0 Å². The highest BCUT2D eigenvalue weighted by molar-refractivity contribution is 6.35. The Hall–Kier alpha value is -1.30. The highest BCUT2D eigenvalue weighted by atomic mass is 35.5. The summed E-state index contributed by atoms with van der Waals surface area (Å²) in [5.74, 6) is 0. The van der Waals surface area contributed by atoms with Gasteiger partial charge in [-0.15, -0.1) is 0 Å². The Kier molecular flexibility index (Phi) is 6.20. The molecule has 25 heavy (non-hydrogen) atoms. The van der Waals surface area contributed by atoms with Crippen molar-refractivity contribution in [3.05, 3.63) is 80.5 Å². The van der Waals surface area contributed by atoms with Gasteiger partial charge in [0.2, 0.25) is 0 Å². The number of aromatic nitrogens is 3. The quantitative estimate of drug-likeness (QED) is 0.473. The van der Waals surface area contributed by atoms with Crippen LogP contribution in [0, 0.1) is 0 Å². The van der Waals surface area contributed by atoms with Gasteiger partial charge in [-0.1, -0.05) is 52.5 Å². The van der Waals surface area contributed by atoms with Crippen LogP contribution in [0.2, 0.25) is 20.2 Å². The summed E-state index contributed by atoms with van der Waals surface area (Å²) in [5, 5.41) is 1.95. The molecule has 4 nitrogen and oxygen atoms in total. The van der Waals surface area contributed by atoms with E-state index in [9.17, 15) is 0 Å². The van der Waals surface area contributed by atoms with Crippen molar-refractivity contribution in [3.63, 3.8) is 0 Å². The molecule has 0 saturated carbocycles. The van der Waals surface area contributed by atoms with Crippen molar-refractivity contribution >= 4 is 46.4 Å². The molecule has 0 bridgehead atoms. The van der Waals surface area contributed by atoms with Gasteiger partial charge in [0.1, 0.15) is 11.3 Å². The minimum absolute atomic E-state index is 0.265. The zero-order valence-corrected chi connectivity index (χ0v) is 15.9. The van der Waals surface area contributed by atoms with E-state index in [4.69, 9.17) is 51.1 Å². The third-order valence-electron chi connectivity index (χ3n) is 3.58. The highest BCUT2D eigenvalue weighted by Crippen LogP contribution is 2.31. The van der Waals surface area contributed by atoms with Crippen molar-refractivity contribution in [2.75, 3.05) is 0 Å². The van der Waals surface area contributed by atoms with Crippen LogP contribution in [-0.4, -0.2) is 14.5 Å². The fraction of sp³-hybridized carbons (Fsp3) is 0.176. The molecule has 3 rings (SSSR count). The van der Waals surface area contributed by atoms with Crippen LogP contribution in [0.3, 0.4) is 0 Å². The highest BCUT2D eigenvalue weighted by Gasteiger charge is 2.18. The lowest BCUT2D eigenvalue weighted by Crippen LogP contribution is -2.13. The predicted octanol–water partition coefficient (Wildman–Crippen LogP) is 5.85. The summed E-state index contributed by atoms with van der Waals surface area (Å²) in [6, 6.07) is 6.92. The second-order valence-corrected chi connectivity index (χ2v) is 6.96. The number of pyridine rings is 1. The summed E-state index contributed by atoms with van der Waals surface area (Å²) in [6.45, 7) is 0.807. The Morgan fingerprint density at radius 3 is 2.60 bits per heavy atom. The molecule has 1 atom stereocenters. The van der Waals surface area contributed by atoms with E-state index < -0.39 is 0 Å². The number of hydrogen-bond acceptors (Lipinski definition) is 3. The second-order valence-electron chi connectivity index (χ2n) is 5.32. The molecule has 1 aromatic carbocycles. The van der Waals surface area contributed by atoms with E-state index in [0.717, 1.165) is 11.1 Å². The number of nitrogens with zero attached hydrogens (tertiary/aromatic N) is 3. The van der Waals surface area contributed by atoms with Crippen molar-refractivity contribution in [2.45, 2.75) is 19.3 Å². The van der Waals surface area contributed by atoms with Crippen molar-refractivity contribution in [1.82, 2.24) is 14.5 Å². The van der Waals surface area contributed by atoms with E-state index in [1.54, 1.807) is 36.9 Å². The molecule has 1 unspecified atom stereocenters. The lowest BCUT2D eigenvalue weighted by molar-refractivity contribution is 0.0279. The average molecular weight is 417 g/mol. The summed E-state index contributed by atoms with van der Waals surface area (Å²) in [5.41, 5.74) is 1.57. The third kappa shape index (κ3) is 4.87. The lowest BCUT2D eigenvalue weighted by Gasteiger charge is -2.20. The van der Waals surface area contributed by atoms with Crippen LogP contribution in [-0.2, 0) is 17.9 Å². The molecule has 2 heterocycles. The second kappa shape index (κ2) is 8.39. The monoisotopic (exact) mass is 415 g/mol. The molecule has 8 heteroatoms. The molecule has 0 aliphatic heterocycles. The molecule has 0 saturated heterocycles. The van der Waals surface area contributed by atoms with Crippen molar-refractivity contribution in [2.24, 2.45) is 0 Å².